The maximum atomic E-state index is 5.90. The molecule has 1 aliphatic heterocycles. The van der Waals surface area contributed by atoms with Gasteiger partial charge in [0.05, 0.1) is 0 Å². The lowest BCUT2D eigenvalue weighted by molar-refractivity contribution is 0.324. The topological polar surface area (TPSA) is 47.1 Å². The van der Waals surface area contributed by atoms with Gasteiger partial charge < -0.3 is 13.9 Å². The van der Waals surface area contributed by atoms with Crippen molar-refractivity contribution in [3.05, 3.63) is 36.2 Å². The third-order valence-corrected chi connectivity index (χ3v) is 4.80. The van der Waals surface area contributed by atoms with Crippen molar-refractivity contribution in [2.45, 2.75) is 39.2 Å². The fourth-order valence-electron chi connectivity index (χ4n) is 3.55. The molecule has 0 atom stereocenters. The van der Waals surface area contributed by atoms with E-state index >= 15 is 0 Å². The van der Waals surface area contributed by atoms with Crippen LogP contribution in [0.5, 0.6) is 0 Å². The van der Waals surface area contributed by atoms with Crippen LogP contribution in [0.4, 0.5) is 0 Å². The largest absolute Gasteiger partial charge is 0.419 e. The van der Waals surface area contributed by atoms with Crippen LogP contribution in [0, 0.1) is 0 Å². The highest BCUT2D eigenvalue weighted by Crippen LogP contribution is 2.28. The number of para-hydroxylation sites is 1. The first-order valence-corrected chi connectivity index (χ1v) is 8.98. The molecule has 1 fully saturated rings. The molecule has 0 spiro atoms. The minimum absolute atomic E-state index is 0.635. The van der Waals surface area contributed by atoms with E-state index in [1.165, 1.54) is 36.8 Å². The molecule has 0 amide bonds. The summed E-state index contributed by atoms with van der Waals surface area (Å²) in [5.41, 5.74) is 2.27. The zero-order valence-corrected chi connectivity index (χ0v) is 14.2. The third-order valence-electron chi connectivity index (χ3n) is 4.80. The second-order valence-corrected chi connectivity index (χ2v) is 6.54. The number of hydrogen-bond donors (Lipinski definition) is 0. The van der Waals surface area contributed by atoms with Crippen LogP contribution in [-0.2, 0) is 13.0 Å². The van der Waals surface area contributed by atoms with Crippen LogP contribution in [0.25, 0.3) is 22.5 Å². The fourth-order valence-corrected chi connectivity index (χ4v) is 3.55. The van der Waals surface area contributed by atoms with Crippen LogP contribution in [0.2, 0.25) is 0 Å². The second-order valence-electron chi connectivity index (χ2n) is 6.54. The van der Waals surface area contributed by atoms with Crippen molar-refractivity contribution in [2.24, 2.45) is 0 Å². The predicted molar refractivity (Wildman–Crippen MR) is 94.9 cm³/mol. The molecule has 5 heteroatoms. The van der Waals surface area contributed by atoms with Gasteiger partial charge in [-0.1, -0.05) is 25.1 Å². The number of benzene rings is 1. The lowest BCUT2D eigenvalue weighted by atomic mass is 10.2. The average molecular weight is 324 g/mol. The van der Waals surface area contributed by atoms with Crippen LogP contribution in [0.15, 0.2) is 34.7 Å². The lowest BCUT2D eigenvalue weighted by Crippen LogP contribution is -2.24. The van der Waals surface area contributed by atoms with Gasteiger partial charge in [0, 0.05) is 30.4 Å². The van der Waals surface area contributed by atoms with Gasteiger partial charge in [-0.3, -0.25) is 0 Å². The van der Waals surface area contributed by atoms with E-state index in [4.69, 9.17) is 4.42 Å². The van der Waals surface area contributed by atoms with Crippen molar-refractivity contribution < 1.29 is 4.42 Å². The van der Waals surface area contributed by atoms with E-state index < -0.39 is 0 Å². The van der Waals surface area contributed by atoms with Crippen LogP contribution in [-0.4, -0.2) is 39.3 Å². The predicted octanol–water partition coefficient (Wildman–Crippen LogP) is 3.74. The SMILES string of the molecule is CCCc1nnc(-c2cc3ccccc3n2CCN2CCCC2)o1. The molecule has 3 heterocycles. The Balaban J connectivity index is 1.68. The van der Waals surface area contributed by atoms with Gasteiger partial charge in [0.1, 0.15) is 5.69 Å². The highest BCUT2D eigenvalue weighted by Gasteiger charge is 2.18. The maximum absolute atomic E-state index is 5.90. The zero-order valence-electron chi connectivity index (χ0n) is 14.2. The first kappa shape index (κ1) is 15.4. The highest BCUT2D eigenvalue weighted by atomic mass is 16.4. The molecule has 1 saturated heterocycles. The molecule has 3 aromatic rings. The summed E-state index contributed by atoms with van der Waals surface area (Å²) in [5.74, 6) is 1.36. The summed E-state index contributed by atoms with van der Waals surface area (Å²) in [5, 5.41) is 9.71. The zero-order chi connectivity index (χ0) is 16.4. The minimum Gasteiger partial charge on any atom is -0.419 e. The van der Waals surface area contributed by atoms with E-state index in [1.54, 1.807) is 0 Å². The summed E-state index contributed by atoms with van der Waals surface area (Å²) in [6.07, 6.45) is 4.49. The number of aromatic nitrogens is 3. The molecule has 2 aromatic heterocycles. The summed E-state index contributed by atoms with van der Waals surface area (Å²) in [6.45, 7) is 6.58. The summed E-state index contributed by atoms with van der Waals surface area (Å²) >= 11 is 0. The average Bonchev–Trinajstić information content (AvgIpc) is 3.33. The molecule has 0 unspecified atom stereocenters. The molecule has 126 valence electrons. The Morgan fingerprint density at radius 2 is 1.92 bits per heavy atom. The normalized spacial score (nSPS) is 15.5. The molecular weight excluding hydrogens is 300 g/mol. The van der Waals surface area contributed by atoms with E-state index in [1.807, 2.05) is 0 Å². The molecule has 0 N–H and O–H groups in total. The van der Waals surface area contributed by atoms with E-state index in [0.29, 0.717) is 5.89 Å². The first-order valence-electron chi connectivity index (χ1n) is 8.98. The van der Waals surface area contributed by atoms with E-state index in [-0.39, 0.29) is 0 Å². The van der Waals surface area contributed by atoms with Crippen molar-refractivity contribution in [2.75, 3.05) is 19.6 Å². The van der Waals surface area contributed by atoms with Crippen molar-refractivity contribution in [3.8, 4) is 11.6 Å². The standard InChI is InChI=1S/C19H24N4O/c1-2-7-18-20-21-19(24-18)17-14-15-8-3-4-9-16(15)23(17)13-12-22-10-5-6-11-22/h3-4,8-9,14H,2,5-7,10-13H2,1H3. The number of rotatable bonds is 6. The van der Waals surface area contributed by atoms with E-state index in [9.17, 15) is 0 Å². The van der Waals surface area contributed by atoms with Gasteiger partial charge in [0.15, 0.2) is 0 Å². The van der Waals surface area contributed by atoms with E-state index in [2.05, 4.69) is 56.9 Å². The van der Waals surface area contributed by atoms with Gasteiger partial charge in [-0.15, -0.1) is 10.2 Å². The van der Waals surface area contributed by atoms with Crippen LogP contribution >= 0.6 is 0 Å². The summed E-state index contributed by atoms with van der Waals surface area (Å²) in [6, 6.07) is 10.7. The second kappa shape index (κ2) is 6.77. The molecule has 0 bridgehead atoms. The molecule has 0 saturated carbocycles. The molecular formula is C19H24N4O. The van der Waals surface area contributed by atoms with Gasteiger partial charge in [0.25, 0.3) is 5.89 Å². The van der Waals surface area contributed by atoms with Gasteiger partial charge in [-0.2, -0.15) is 0 Å². The fraction of sp³-hybridized carbons (Fsp3) is 0.474. The number of likely N-dealkylation sites (tertiary alicyclic amines) is 1. The van der Waals surface area contributed by atoms with E-state index in [0.717, 1.165) is 37.5 Å². The van der Waals surface area contributed by atoms with Gasteiger partial charge in [-0.25, -0.2) is 0 Å². The highest BCUT2D eigenvalue weighted by molar-refractivity contribution is 5.85. The Morgan fingerprint density at radius 1 is 1.08 bits per heavy atom. The Bertz CT molecular complexity index is 814. The van der Waals surface area contributed by atoms with Crippen molar-refractivity contribution in [1.29, 1.82) is 0 Å². The Hall–Kier alpha value is -2.14. The first-order chi connectivity index (χ1) is 11.8. The molecule has 5 nitrogen and oxygen atoms in total. The molecule has 1 aliphatic rings. The molecule has 0 aliphatic carbocycles. The number of aryl methyl sites for hydroxylation is 1. The monoisotopic (exact) mass is 324 g/mol. The van der Waals surface area contributed by atoms with Crippen molar-refractivity contribution in [3.63, 3.8) is 0 Å². The molecule has 0 radical (unpaired) electrons. The van der Waals surface area contributed by atoms with Crippen LogP contribution in [0.1, 0.15) is 32.1 Å². The van der Waals surface area contributed by atoms with Gasteiger partial charge in [-0.05, 0) is 44.5 Å². The third kappa shape index (κ3) is 2.96. The van der Waals surface area contributed by atoms with Crippen LogP contribution < -0.4 is 0 Å². The summed E-state index contributed by atoms with van der Waals surface area (Å²) in [7, 11) is 0. The number of fused-ring (bicyclic) bond motifs is 1. The van der Waals surface area contributed by atoms with Gasteiger partial charge >= 0.3 is 0 Å². The van der Waals surface area contributed by atoms with Crippen molar-refractivity contribution >= 4 is 10.9 Å². The van der Waals surface area contributed by atoms with Gasteiger partial charge in [0.2, 0.25) is 5.89 Å². The smallest absolute Gasteiger partial charge is 0.264 e. The Morgan fingerprint density at radius 3 is 2.75 bits per heavy atom. The quantitative estimate of drug-likeness (QED) is 0.693. The lowest BCUT2D eigenvalue weighted by Gasteiger charge is -2.16. The summed E-state index contributed by atoms with van der Waals surface area (Å²) < 4.78 is 8.23. The molecule has 1 aromatic carbocycles. The molecule has 24 heavy (non-hydrogen) atoms. The van der Waals surface area contributed by atoms with Crippen molar-refractivity contribution in [1.82, 2.24) is 19.7 Å². The molecule has 4 rings (SSSR count). The Kier molecular flexibility index (Phi) is 4.34. The number of nitrogens with zero attached hydrogens (tertiary/aromatic N) is 4. The Labute approximate surface area is 142 Å². The maximum Gasteiger partial charge on any atom is 0.264 e. The minimum atomic E-state index is 0.635. The summed E-state index contributed by atoms with van der Waals surface area (Å²) in [4.78, 5) is 2.54. The number of hydrogen-bond acceptors (Lipinski definition) is 4. The van der Waals surface area contributed by atoms with Crippen LogP contribution in [0.3, 0.4) is 0 Å².